The molecule has 1 saturated heterocycles. The number of piperidine rings is 1. The molecule has 0 saturated carbocycles. The molecule has 3 atom stereocenters. The molecule has 0 bridgehead atoms. The molecule has 25 heavy (non-hydrogen) atoms. The molecule has 2 aromatic rings. The van der Waals surface area contributed by atoms with Crippen LogP contribution >= 0.6 is 23.2 Å². The highest BCUT2D eigenvalue weighted by Gasteiger charge is 2.38. The summed E-state index contributed by atoms with van der Waals surface area (Å²) in [6.07, 6.45) is 1.73. The molecular weight excluding hydrogens is 363 g/mol. The first-order valence-corrected chi connectivity index (χ1v) is 8.58. The third-order valence-corrected chi connectivity index (χ3v) is 4.83. The standard InChI is InChI=1S/C18H16Cl2N2O3/c19-12-3-1-2-10(6-12)14-7-11(8-16(23)24)18(25)22-17(14)15-5-4-13(20)9-21-15/h1-6,9,11,14,17H,7-8H2,(H,22,25)(H,23,24)/t11-,14-,17+/m1/s1. The molecule has 3 rings (SSSR count). The second-order valence-electron chi connectivity index (χ2n) is 6.08. The van der Waals surface area contributed by atoms with Gasteiger partial charge < -0.3 is 10.4 Å². The Labute approximate surface area is 155 Å². The number of pyridine rings is 1. The zero-order chi connectivity index (χ0) is 18.0. The molecule has 0 aliphatic carbocycles. The van der Waals surface area contributed by atoms with Gasteiger partial charge in [0.05, 0.1) is 23.2 Å². The summed E-state index contributed by atoms with van der Waals surface area (Å²) in [4.78, 5) is 27.8. The summed E-state index contributed by atoms with van der Waals surface area (Å²) in [5, 5.41) is 13.1. The lowest BCUT2D eigenvalue weighted by Gasteiger charge is -2.36. The summed E-state index contributed by atoms with van der Waals surface area (Å²) in [7, 11) is 0. The molecule has 2 heterocycles. The highest BCUT2D eigenvalue weighted by Crippen LogP contribution is 2.40. The van der Waals surface area contributed by atoms with Crippen molar-refractivity contribution in [1.82, 2.24) is 10.3 Å². The number of nitrogens with one attached hydrogen (secondary N) is 1. The van der Waals surface area contributed by atoms with Crippen molar-refractivity contribution in [2.24, 2.45) is 5.92 Å². The predicted octanol–water partition coefficient (Wildman–Crippen LogP) is 3.82. The molecule has 2 N–H and O–H groups in total. The van der Waals surface area contributed by atoms with E-state index in [4.69, 9.17) is 28.3 Å². The molecule has 5 nitrogen and oxygen atoms in total. The zero-order valence-corrected chi connectivity index (χ0v) is 14.7. The van der Waals surface area contributed by atoms with Crippen molar-refractivity contribution in [2.45, 2.75) is 24.8 Å². The van der Waals surface area contributed by atoms with E-state index >= 15 is 0 Å². The summed E-state index contributed by atoms with van der Waals surface area (Å²) in [6, 6.07) is 10.5. The predicted molar refractivity (Wildman–Crippen MR) is 94.7 cm³/mol. The minimum absolute atomic E-state index is 0.130. The second-order valence-corrected chi connectivity index (χ2v) is 6.95. The van der Waals surface area contributed by atoms with Crippen LogP contribution in [0.3, 0.4) is 0 Å². The number of aromatic nitrogens is 1. The molecule has 1 aliphatic rings. The normalized spacial score (nSPS) is 23.1. The Balaban J connectivity index is 1.97. The van der Waals surface area contributed by atoms with E-state index in [1.165, 1.54) is 6.20 Å². The van der Waals surface area contributed by atoms with Crippen LogP contribution in [0.25, 0.3) is 0 Å². The Morgan fingerprint density at radius 3 is 2.68 bits per heavy atom. The maximum absolute atomic E-state index is 12.4. The number of hydrogen-bond acceptors (Lipinski definition) is 3. The molecule has 1 aliphatic heterocycles. The summed E-state index contributed by atoms with van der Waals surface area (Å²) in [5.74, 6) is -1.99. The number of nitrogens with zero attached hydrogens (tertiary/aromatic N) is 1. The number of rotatable bonds is 4. The van der Waals surface area contributed by atoms with Crippen molar-refractivity contribution < 1.29 is 14.7 Å². The van der Waals surface area contributed by atoms with E-state index in [1.54, 1.807) is 18.2 Å². The molecule has 0 unspecified atom stereocenters. The van der Waals surface area contributed by atoms with Crippen LogP contribution in [0.15, 0.2) is 42.6 Å². The van der Waals surface area contributed by atoms with E-state index in [-0.39, 0.29) is 24.3 Å². The van der Waals surface area contributed by atoms with Crippen molar-refractivity contribution in [3.05, 3.63) is 63.9 Å². The molecule has 7 heteroatoms. The summed E-state index contributed by atoms with van der Waals surface area (Å²) in [5.41, 5.74) is 1.61. The van der Waals surface area contributed by atoms with Gasteiger partial charge in [0.25, 0.3) is 0 Å². The Bertz CT molecular complexity index is 795. The van der Waals surface area contributed by atoms with Crippen molar-refractivity contribution in [3.8, 4) is 0 Å². The SMILES string of the molecule is O=C(O)C[C@H]1C[C@H](c2cccc(Cl)c2)[C@@H](c2ccc(Cl)cn2)NC1=O. The van der Waals surface area contributed by atoms with Crippen LogP contribution in [0, 0.1) is 5.92 Å². The number of halogens is 2. The van der Waals surface area contributed by atoms with Crippen molar-refractivity contribution in [2.75, 3.05) is 0 Å². The quantitative estimate of drug-likeness (QED) is 0.847. The Hall–Kier alpha value is -2.11. The van der Waals surface area contributed by atoms with Gasteiger partial charge in [0.1, 0.15) is 0 Å². The Kier molecular flexibility index (Phi) is 5.25. The molecular formula is C18H16Cl2N2O3. The van der Waals surface area contributed by atoms with Crippen LogP contribution in [0.2, 0.25) is 10.0 Å². The highest BCUT2D eigenvalue weighted by atomic mass is 35.5. The van der Waals surface area contributed by atoms with Gasteiger partial charge in [-0.15, -0.1) is 0 Å². The fraction of sp³-hybridized carbons (Fsp3) is 0.278. The first kappa shape index (κ1) is 17.7. The summed E-state index contributed by atoms with van der Waals surface area (Å²) >= 11 is 12.0. The van der Waals surface area contributed by atoms with Gasteiger partial charge >= 0.3 is 5.97 Å². The highest BCUT2D eigenvalue weighted by molar-refractivity contribution is 6.30. The molecule has 0 radical (unpaired) electrons. The molecule has 1 fully saturated rings. The lowest BCUT2D eigenvalue weighted by molar-refractivity contribution is -0.142. The molecule has 1 aromatic heterocycles. The monoisotopic (exact) mass is 378 g/mol. The molecule has 130 valence electrons. The van der Waals surface area contributed by atoms with Gasteiger partial charge in [-0.25, -0.2) is 0 Å². The van der Waals surface area contributed by atoms with E-state index in [2.05, 4.69) is 10.3 Å². The van der Waals surface area contributed by atoms with Gasteiger partial charge in [-0.1, -0.05) is 35.3 Å². The Morgan fingerprint density at radius 2 is 2.04 bits per heavy atom. The maximum atomic E-state index is 12.4. The van der Waals surface area contributed by atoms with E-state index in [1.807, 2.05) is 18.2 Å². The van der Waals surface area contributed by atoms with Crippen LogP contribution in [-0.4, -0.2) is 22.0 Å². The number of carbonyl (C=O) groups excluding carboxylic acids is 1. The third kappa shape index (κ3) is 4.11. The zero-order valence-electron chi connectivity index (χ0n) is 13.2. The maximum Gasteiger partial charge on any atom is 0.304 e. The van der Waals surface area contributed by atoms with Crippen molar-refractivity contribution in [3.63, 3.8) is 0 Å². The fourth-order valence-electron chi connectivity index (χ4n) is 3.23. The first-order chi connectivity index (χ1) is 11.9. The minimum Gasteiger partial charge on any atom is -0.481 e. The van der Waals surface area contributed by atoms with Gasteiger partial charge in [-0.05, 0) is 36.2 Å². The number of aliphatic carboxylic acids is 1. The van der Waals surface area contributed by atoms with Crippen LogP contribution in [0.1, 0.15) is 36.1 Å². The van der Waals surface area contributed by atoms with E-state index < -0.39 is 11.9 Å². The molecule has 1 amide bonds. The fourth-order valence-corrected chi connectivity index (χ4v) is 3.54. The van der Waals surface area contributed by atoms with Crippen molar-refractivity contribution in [1.29, 1.82) is 0 Å². The molecule has 0 spiro atoms. The van der Waals surface area contributed by atoms with Crippen molar-refractivity contribution >= 4 is 35.1 Å². The van der Waals surface area contributed by atoms with Gasteiger partial charge in [-0.2, -0.15) is 0 Å². The Morgan fingerprint density at radius 1 is 1.24 bits per heavy atom. The third-order valence-electron chi connectivity index (χ3n) is 4.38. The van der Waals surface area contributed by atoms with E-state index in [0.29, 0.717) is 22.2 Å². The largest absolute Gasteiger partial charge is 0.481 e. The van der Waals surface area contributed by atoms with Gasteiger partial charge in [0.2, 0.25) is 5.91 Å². The smallest absolute Gasteiger partial charge is 0.304 e. The average molecular weight is 379 g/mol. The second kappa shape index (κ2) is 7.42. The van der Waals surface area contributed by atoms with Gasteiger partial charge in [-0.3, -0.25) is 14.6 Å². The lowest BCUT2D eigenvalue weighted by Crippen LogP contribution is -2.44. The number of hydrogen-bond donors (Lipinski definition) is 2. The van der Waals surface area contributed by atoms with Gasteiger partial charge in [0.15, 0.2) is 0 Å². The van der Waals surface area contributed by atoms with E-state index in [9.17, 15) is 9.59 Å². The van der Waals surface area contributed by atoms with Crippen LogP contribution in [0.4, 0.5) is 0 Å². The number of amides is 1. The van der Waals surface area contributed by atoms with E-state index in [0.717, 1.165) is 5.56 Å². The van der Waals surface area contributed by atoms with Crippen LogP contribution < -0.4 is 5.32 Å². The topological polar surface area (TPSA) is 79.3 Å². The number of benzene rings is 1. The number of carbonyl (C=O) groups is 2. The van der Waals surface area contributed by atoms with Gasteiger partial charge in [0, 0.05) is 23.1 Å². The molecule has 1 aromatic carbocycles. The number of carboxylic acid groups (broad SMARTS) is 1. The summed E-state index contributed by atoms with van der Waals surface area (Å²) in [6.45, 7) is 0. The first-order valence-electron chi connectivity index (χ1n) is 7.83. The number of carboxylic acids is 1. The lowest BCUT2D eigenvalue weighted by atomic mass is 9.77. The van der Waals surface area contributed by atoms with Crippen LogP contribution in [-0.2, 0) is 9.59 Å². The summed E-state index contributed by atoms with van der Waals surface area (Å²) < 4.78 is 0. The average Bonchev–Trinajstić information content (AvgIpc) is 2.57. The minimum atomic E-state index is -0.993. The van der Waals surface area contributed by atoms with Crippen LogP contribution in [0.5, 0.6) is 0 Å².